The fraction of sp³-hybridized carbons (Fsp3) is 0.333. The summed E-state index contributed by atoms with van der Waals surface area (Å²) in [5, 5.41) is 5.48. The van der Waals surface area contributed by atoms with Crippen LogP contribution >= 0.6 is 0 Å². The molecule has 0 saturated carbocycles. The molecule has 2 amide bonds. The van der Waals surface area contributed by atoms with Crippen molar-refractivity contribution in [2.24, 2.45) is 5.73 Å². The maximum atomic E-state index is 11.8. The second-order valence-electron chi connectivity index (χ2n) is 4.55. The second kappa shape index (κ2) is 7.31. The minimum atomic E-state index is -0.707. The summed E-state index contributed by atoms with van der Waals surface area (Å²) < 4.78 is 0. The van der Waals surface area contributed by atoms with E-state index in [4.69, 9.17) is 12.2 Å². The fourth-order valence-electron chi connectivity index (χ4n) is 1.71. The Kier molecular flexibility index (Phi) is 5.75. The smallest absolute Gasteiger partial charge is 0.238 e. The van der Waals surface area contributed by atoms with E-state index in [2.05, 4.69) is 16.6 Å². The van der Waals surface area contributed by atoms with Crippen LogP contribution in [0.15, 0.2) is 24.3 Å². The zero-order valence-corrected chi connectivity index (χ0v) is 11.6. The molecule has 0 bridgehead atoms. The molecule has 0 heterocycles. The lowest BCUT2D eigenvalue weighted by Crippen LogP contribution is -2.41. The van der Waals surface area contributed by atoms with Crippen molar-refractivity contribution in [3.63, 3.8) is 0 Å². The first-order valence-corrected chi connectivity index (χ1v) is 6.31. The summed E-state index contributed by atoms with van der Waals surface area (Å²) in [5.41, 5.74) is 7.20. The molecular weight excluding hydrogens is 254 g/mol. The molecule has 0 radical (unpaired) electrons. The molecule has 1 aromatic carbocycles. The molecule has 1 aromatic rings. The van der Waals surface area contributed by atoms with Gasteiger partial charge in [0, 0.05) is 19.0 Å². The highest BCUT2D eigenvalue weighted by Crippen LogP contribution is 2.17. The van der Waals surface area contributed by atoms with Crippen molar-refractivity contribution in [3.05, 3.63) is 29.8 Å². The molecule has 0 aliphatic rings. The maximum absolute atomic E-state index is 11.8. The van der Waals surface area contributed by atoms with Gasteiger partial charge >= 0.3 is 0 Å². The molecule has 5 nitrogen and oxygen atoms in total. The number of carbonyl (C=O) groups excluding carboxylic acids is 2. The topological polar surface area (TPSA) is 84.2 Å². The van der Waals surface area contributed by atoms with Gasteiger partial charge in [0.1, 0.15) is 0 Å². The largest absolute Gasteiger partial charge is 0.348 e. The highest BCUT2D eigenvalue weighted by atomic mass is 16.2. The van der Waals surface area contributed by atoms with Gasteiger partial charge in [-0.05, 0) is 24.6 Å². The third-order valence-electron chi connectivity index (χ3n) is 2.74. The Morgan fingerprint density at radius 2 is 2.15 bits per heavy atom. The van der Waals surface area contributed by atoms with Gasteiger partial charge < -0.3 is 16.4 Å². The van der Waals surface area contributed by atoms with Gasteiger partial charge in [0.15, 0.2) is 0 Å². The Morgan fingerprint density at radius 1 is 1.45 bits per heavy atom. The Hall–Kier alpha value is -2.32. The summed E-state index contributed by atoms with van der Waals surface area (Å²) >= 11 is 0. The van der Waals surface area contributed by atoms with Crippen LogP contribution in [0.3, 0.4) is 0 Å². The fourth-order valence-corrected chi connectivity index (χ4v) is 1.71. The van der Waals surface area contributed by atoms with Crippen molar-refractivity contribution in [1.29, 1.82) is 0 Å². The number of anilines is 1. The van der Waals surface area contributed by atoms with Crippen LogP contribution in [0.4, 0.5) is 5.69 Å². The second-order valence-corrected chi connectivity index (χ2v) is 4.55. The molecule has 1 rings (SSSR count). The molecule has 4 N–H and O–H groups in total. The van der Waals surface area contributed by atoms with E-state index in [0.717, 1.165) is 5.56 Å². The van der Waals surface area contributed by atoms with Crippen molar-refractivity contribution in [2.45, 2.75) is 32.4 Å². The summed E-state index contributed by atoms with van der Waals surface area (Å²) in [5.74, 6) is 1.92. The van der Waals surface area contributed by atoms with Crippen LogP contribution in [0, 0.1) is 12.3 Å². The number of benzene rings is 1. The normalized spacial score (nSPS) is 12.9. The van der Waals surface area contributed by atoms with Gasteiger partial charge in [0.05, 0.1) is 12.1 Å². The number of terminal acetylenes is 1. The SMILES string of the molecule is C#CCC(N)C(=O)NC(C)c1cccc(NC(C)=O)c1. The maximum Gasteiger partial charge on any atom is 0.238 e. The van der Waals surface area contributed by atoms with E-state index in [1.807, 2.05) is 19.1 Å². The first-order valence-electron chi connectivity index (χ1n) is 6.31. The van der Waals surface area contributed by atoms with Crippen LogP contribution in [-0.4, -0.2) is 17.9 Å². The zero-order valence-electron chi connectivity index (χ0n) is 11.6. The lowest BCUT2D eigenvalue weighted by atomic mass is 10.1. The van der Waals surface area contributed by atoms with E-state index in [1.165, 1.54) is 6.92 Å². The number of carbonyl (C=O) groups is 2. The van der Waals surface area contributed by atoms with Crippen LogP contribution in [0.25, 0.3) is 0 Å². The quantitative estimate of drug-likeness (QED) is 0.704. The van der Waals surface area contributed by atoms with Crippen LogP contribution in [0.2, 0.25) is 0 Å². The molecule has 0 aliphatic heterocycles. The van der Waals surface area contributed by atoms with E-state index in [1.54, 1.807) is 12.1 Å². The summed E-state index contributed by atoms with van der Waals surface area (Å²) in [6.45, 7) is 3.28. The standard InChI is InChI=1S/C15H19N3O2/c1-4-6-14(16)15(20)17-10(2)12-7-5-8-13(9-12)18-11(3)19/h1,5,7-10,14H,6,16H2,2-3H3,(H,17,20)(H,18,19). The van der Waals surface area contributed by atoms with Gasteiger partial charge in [-0.25, -0.2) is 0 Å². The molecule has 0 spiro atoms. The van der Waals surface area contributed by atoms with Crippen molar-refractivity contribution >= 4 is 17.5 Å². The molecule has 106 valence electrons. The van der Waals surface area contributed by atoms with Crippen molar-refractivity contribution in [2.75, 3.05) is 5.32 Å². The Balaban J connectivity index is 2.72. The molecule has 2 unspecified atom stereocenters. The van der Waals surface area contributed by atoms with E-state index in [9.17, 15) is 9.59 Å². The van der Waals surface area contributed by atoms with Crippen molar-refractivity contribution in [3.8, 4) is 12.3 Å². The lowest BCUT2D eigenvalue weighted by Gasteiger charge is -2.17. The highest BCUT2D eigenvalue weighted by Gasteiger charge is 2.15. The predicted molar refractivity (Wildman–Crippen MR) is 78.7 cm³/mol. The lowest BCUT2D eigenvalue weighted by molar-refractivity contribution is -0.123. The number of nitrogens with two attached hydrogens (primary N) is 1. The van der Waals surface area contributed by atoms with Gasteiger partial charge in [-0.3, -0.25) is 9.59 Å². The van der Waals surface area contributed by atoms with Crippen LogP contribution in [0.5, 0.6) is 0 Å². The third-order valence-corrected chi connectivity index (χ3v) is 2.74. The van der Waals surface area contributed by atoms with E-state index in [0.29, 0.717) is 5.69 Å². The highest BCUT2D eigenvalue weighted by molar-refractivity contribution is 5.88. The number of nitrogens with one attached hydrogen (secondary N) is 2. The average Bonchev–Trinajstić information content (AvgIpc) is 2.38. The van der Waals surface area contributed by atoms with Crippen LogP contribution in [0.1, 0.15) is 31.9 Å². The van der Waals surface area contributed by atoms with Crippen LogP contribution < -0.4 is 16.4 Å². The van der Waals surface area contributed by atoms with Gasteiger partial charge in [-0.15, -0.1) is 12.3 Å². The van der Waals surface area contributed by atoms with Crippen molar-refractivity contribution in [1.82, 2.24) is 5.32 Å². The Labute approximate surface area is 118 Å². The number of amides is 2. The Bertz CT molecular complexity index is 534. The van der Waals surface area contributed by atoms with E-state index in [-0.39, 0.29) is 24.3 Å². The minimum absolute atomic E-state index is 0.144. The molecule has 0 aliphatic carbocycles. The molecule has 0 aromatic heterocycles. The van der Waals surface area contributed by atoms with Crippen molar-refractivity contribution < 1.29 is 9.59 Å². The van der Waals surface area contributed by atoms with Gasteiger partial charge in [0.25, 0.3) is 0 Å². The Morgan fingerprint density at radius 3 is 2.75 bits per heavy atom. The van der Waals surface area contributed by atoms with E-state index < -0.39 is 6.04 Å². The predicted octanol–water partition coefficient (Wildman–Crippen LogP) is 1.17. The minimum Gasteiger partial charge on any atom is -0.348 e. The third kappa shape index (κ3) is 4.75. The number of rotatable bonds is 5. The molecule has 2 atom stereocenters. The van der Waals surface area contributed by atoms with Gasteiger partial charge in [-0.2, -0.15) is 0 Å². The first kappa shape index (κ1) is 15.7. The molecule has 0 fully saturated rings. The molecule has 20 heavy (non-hydrogen) atoms. The zero-order chi connectivity index (χ0) is 15.1. The number of hydrogen-bond acceptors (Lipinski definition) is 3. The molecule has 0 saturated heterocycles. The monoisotopic (exact) mass is 273 g/mol. The summed E-state index contributed by atoms with van der Waals surface area (Å²) in [6, 6.07) is 6.33. The van der Waals surface area contributed by atoms with Gasteiger partial charge in [-0.1, -0.05) is 12.1 Å². The average molecular weight is 273 g/mol. The molecular formula is C15H19N3O2. The summed E-state index contributed by atoms with van der Waals surface area (Å²) in [7, 11) is 0. The van der Waals surface area contributed by atoms with E-state index >= 15 is 0 Å². The summed E-state index contributed by atoms with van der Waals surface area (Å²) in [4.78, 5) is 22.8. The van der Waals surface area contributed by atoms with Crippen LogP contribution in [-0.2, 0) is 9.59 Å². The first-order chi connectivity index (χ1) is 9.43. The summed E-state index contributed by atoms with van der Waals surface area (Å²) in [6.07, 6.45) is 5.32. The van der Waals surface area contributed by atoms with Gasteiger partial charge in [0.2, 0.25) is 11.8 Å². The molecule has 5 heteroatoms. The number of hydrogen-bond donors (Lipinski definition) is 3.